The number of nitrogens with one attached hydrogen (secondary N) is 1. The summed E-state index contributed by atoms with van der Waals surface area (Å²) in [6.07, 6.45) is 0. The van der Waals surface area contributed by atoms with Gasteiger partial charge < -0.3 is 10.1 Å². The van der Waals surface area contributed by atoms with Gasteiger partial charge >= 0.3 is 0 Å². The van der Waals surface area contributed by atoms with Gasteiger partial charge in [-0.15, -0.1) is 10.2 Å². The van der Waals surface area contributed by atoms with Crippen molar-refractivity contribution in [2.24, 2.45) is 0 Å². The second kappa shape index (κ2) is 10.8. The van der Waals surface area contributed by atoms with Crippen molar-refractivity contribution in [3.8, 4) is 11.4 Å². The van der Waals surface area contributed by atoms with Gasteiger partial charge in [-0.25, -0.2) is 0 Å². The molecule has 4 aromatic rings. The van der Waals surface area contributed by atoms with Gasteiger partial charge in [0, 0.05) is 11.4 Å². The molecule has 1 N–H and O–H groups in total. The zero-order valence-electron chi connectivity index (χ0n) is 20.8. The molecule has 0 bridgehead atoms. The van der Waals surface area contributed by atoms with Crippen molar-refractivity contribution in [3.63, 3.8) is 0 Å². The number of para-hydroxylation sites is 1. The first-order chi connectivity index (χ1) is 16.8. The van der Waals surface area contributed by atoms with Gasteiger partial charge in [-0.05, 0) is 75.1 Å². The topological polar surface area (TPSA) is 69.0 Å². The summed E-state index contributed by atoms with van der Waals surface area (Å²) >= 11 is 1.35. The summed E-state index contributed by atoms with van der Waals surface area (Å²) in [4.78, 5) is 12.7. The minimum absolute atomic E-state index is 0.0875. The second-order valence-corrected chi connectivity index (χ2v) is 9.68. The molecule has 6 nitrogen and oxygen atoms in total. The third-order valence-electron chi connectivity index (χ3n) is 5.75. The van der Waals surface area contributed by atoms with Gasteiger partial charge in [-0.3, -0.25) is 9.36 Å². The van der Waals surface area contributed by atoms with Crippen molar-refractivity contribution in [1.82, 2.24) is 14.8 Å². The number of ether oxygens (including phenoxy) is 1. The Morgan fingerprint density at radius 3 is 2.29 bits per heavy atom. The summed E-state index contributed by atoms with van der Waals surface area (Å²) in [5.41, 5.74) is 7.20. The van der Waals surface area contributed by atoms with E-state index in [0.717, 1.165) is 44.9 Å². The lowest BCUT2D eigenvalue weighted by molar-refractivity contribution is -0.113. The van der Waals surface area contributed by atoms with Gasteiger partial charge in [0.25, 0.3) is 0 Å². The van der Waals surface area contributed by atoms with Crippen molar-refractivity contribution in [3.05, 3.63) is 94.3 Å². The Kier molecular flexibility index (Phi) is 7.56. The predicted octanol–water partition coefficient (Wildman–Crippen LogP) is 6.12. The van der Waals surface area contributed by atoms with Crippen molar-refractivity contribution in [2.45, 2.75) is 46.4 Å². The summed E-state index contributed by atoms with van der Waals surface area (Å²) in [6, 6.07) is 20.3. The number of aryl methyl sites for hydroxylation is 5. The minimum atomic E-state index is -0.0875. The quantitative estimate of drug-likeness (QED) is 0.304. The normalized spacial score (nSPS) is 10.9. The summed E-state index contributed by atoms with van der Waals surface area (Å²) in [7, 11) is 0. The molecule has 0 atom stereocenters. The van der Waals surface area contributed by atoms with Crippen LogP contribution < -0.4 is 10.1 Å². The van der Waals surface area contributed by atoms with Crippen molar-refractivity contribution in [1.29, 1.82) is 0 Å². The van der Waals surface area contributed by atoms with Crippen LogP contribution in [0, 0.1) is 34.6 Å². The maximum atomic E-state index is 12.7. The molecule has 0 aliphatic rings. The Balaban J connectivity index is 1.55. The number of anilines is 1. The highest BCUT2D eigenvalue weighted by Gasteiger charge is 2.17. The Morgan fingerprint density at radius 2 is 1.57 bits per heavy atom. The SMILES string of the molecule is Cc1ccc(-n2c(COc3c(C)cccc3C)nnc2SCC(=O)Nc2cc(C)ccc2C)cc1. The van der Waals surface area contributed by atoms with Crippen LogP contribution in [0.25, 0.3) is 5.69 Å². The van der Waals surface area contributed by atoms with E-state index in [1.165, 1.54) is 11.8 Å². The number of nitrogens with zero attached hydrogens (tertiary/aromatic N) is 3. The van der Waals surface area contributed by atoms with Crippen LogP contribution in [-0.2, 0) is 11.4 Å². The van der Waals surface area contributed by atoms with E-state index in [0.29, 0.717) is 11.0 Å². The van der Waals surface area contributed by atoms with Crippen LogP contribution in [0.4, 0.5) is 5.69 Å². The van der Waals surface area contributed by atoms with Crippen molar-refractivity contribution >= 4 is 23.4 Å². The number of benzene rings is 3. The first-order valence-corrected chi connectivity index (χ1v) is 12.5. The fourth-order valence-corrected chi connectivity index (χ4v) is 4.56. The van der Waals surface area contributed by atoms with Crippen molar-refractivity contribution < 1.29 is 9.53 Å². The minimum Gasteiger partial charge on any atom is -0.485 e. The van der Waals surface area contributed by atoms with Crippen LogP contribution in [0.3, 0.4) is 0 Å². The van der Waals surface area contributed by atoms with Crippen LogP contribution >= 0.6 is 11.8 Å². The highest BCUT2D eigenvalue weighted by molar-refractivity contribution is 7.99. The van der Waals surface area contributed by atoms with Crippen LogP contribution in [0.1, 0.15) is 33.6 Å². The van der Waals surface area contributed by atoms with E-state index in [-0.39, 0.29) is 18.3 Å². The van der Waals surface area contributed by atoms with Gasteiger partial charge in [0.1, 0.15) is 12.4 Å². The molecule has 0 aliphatic heterocycles. The van der Waals surface area contributed by atoms with E-state index in [2.05, 4.69) is 15.5 Å². The molecule has 35 heavy (non-hydrogen) atoms. The summed E-state index contributed by atoms with van der Waals surface area (Å²) in [5.74, 6) is 1.66. The second-order valence-electron chi connectivity index (χ2n) is 8.73. The molecule has 1 heterocycles. The van der Waals surface area contributed by atoms with Gasteiger partial charge in [0.05, 0.1) is 5.75 Å². The number of rotatable bonds is 8. The van der Waals surface area contributed by atoms with E-state index in [4.69, 9.17) is 4.74 Å². The molecule has 180 valence electrons. The summed E-state index contributed by atoms with van der Waals surface area (Å²) in [6.45, 7) is 10.4. The molecule has 7 heteroatoms. The molecule has 0 fully saturated rings. The number of carbonyl (C=O) groups is 1. The van der Waals surface area contributed by atoms with Crippen LogP contribution in [0.15, 0.2) is 65.8 Å². The Morgan fingerprint density at radius 1 is 0.886 bits per heavy atom. The molecular weight excluding hydrogens is 456 g/mol. The third kappa shape index (κ3) is 5.92. The lowest BCUT2D eigenvalue weighted by Crippen LogP contribution is -2.15. The first kappa shape index (κ1) is 24.5. The van der Waals surface area contributed by atoms with Crippen LogP contribution in [-0.4, -0.2) is 26.4 Å². The van der Waals surface area contributed by atoms with Crippen molar-refractivity contribution in [2.75, 3.05) is 11.1 Å². The Hall–Kier alpha value is -3.58. The number of thioether (sulfide) groups is 1. The molecule has 0 saturated carbocycles. The molecule has 0 aliphatic carbocycles. The highest BCUT2D eigenvalue weighted by atomic mass is 32.2. The molecule has 0 saturated heterocycles. The lowest BCUT2D eigenvalue weighted by atomic mass is 10.1. The van der Waals surface area contributed by atoms with Gasteiger partial charge in [-0.2, -0.15) is 0 Å². The maximum Gasteiger partial charge on any atom is 0.234 e. The molecule has 1 aromatic heterocycles. The van der Waals surface area contributed by atoms with E-state index in [1.54, 1.807) is 0 Å². The average Bonchev–Trinajstić information content (AvgIpc) is 3.23. The fraction of sp³-hybridized carbons (Fsp3) is 0.250. The summed E-state index contributed by atoms with van der Waals surface area (Å²) < 4.78 is 8.13. The van der Waals surface area contributed by atoms with E-state index >= 15 is 0 Å². The highest BCUT2D eigenvalue weighted by Crippen LogP contribution is 2.26. The molecular formula is C28H30N4O2S. The number of carbonyl (C=O) groups excluding carboxylic acids is 1. The summed E-state index contributed by atoms with van der Waals surface area (Å²) in [5, 5.41) is 12.5. The molecule has 1 amide bonds. The smallest absolute Gasteiger partial charge is 0.234 e. The Labute approximate surface area is 210 Å². The number of amides is 1. The zero-order chi connectivity index (χ0) is 24.9. The van der Waals surface area contributed by atoms with Gasteiger partial charge in [0.2, 0.25) is 5.91 Å². The van der Waals surface area contributed by atoms with Gasteiger partial charge in [-0.1, -0.05) is 59.8 Å². The van der Waals surface area contributed by atoms with E-state index in [1.807, 2.05) is 99.8 Å². The van der Waals surface area contributed by atoms with E-state index in [9.17, 15) is 4.79 Å². The average molecular weight is 487 g/mol. The number of hydrogen-bond donors (Lipinski definition) is 1. The van der Waals surface area contributed by atoms with Gasteiger partial charge in [0.15, 0.2) is 11.0 Å². The zero-order valence-corrected chi connectivity index (χ0v) is 21.6. The first-order valence-electron chi connectivity index (χ1n) is 11.5. The third-order valence-corrected chi connectivity index (χ3v) is 6.68. The molecule has 0 spiro atoms. The molecule has 0 unspecified atom stereocenters. The molecule has 4 rings (SSSR count). The van der Waals surface area contributed by atoms with Crippen LogP contribution in [0.2, 0.25) is 0 Å². The van der Waals surface area contributed by atoms with Crippen LogP contribution in [0.5, 0.6) is 5.75 Å². The van der Waals surface area contributed by atoms with E-state index < -0.39 is 0 Å². The largest absolute Gasteiger partial charge is 0.485 e. The molecule has 0 radical (unpaired) electrons. The molecule has 3 aromatic carbocycles. The maximum absolute atomic E-state index is 12.7. The predicted molar refractivity (Wildman–Crippen MR) is 142 cm³/mol. The Bertz CT molecular complexity index is 1330. The number of aromatic nitrogens is 3. The standard InChI is InChI=1S/C28H30N4O2S/c1-18-10-13-23(14-11-18)32-25(16-34-27-21(4)7-6-8-22(27)5)30-31-28(32)35-17-26(33)29-24-15-19(2)9-12-20(24)3/h6-15H,16-17H2,1-5H3,(H,29,33). The fourth-order valence-electron chi connectivity index (χ4n) is 3.79. The monoisotopic (exact) mass is 486 g/mol. The lowest BCUT2D eigenvalue weighted by Gasteiger charge is -2.14. The number of hydrogen-bond acceptors (Lipinski definition) is 5.